The number of carbonyl (C=O) groups is 1. The third-order valence-corrected chi connectivity index (χ3v) is 2.49. The first-order valence-electron chi connectivity index (χ1n) is 5.60. The molecule has 0 aliphatic heterocycles. The number of ether oxygens (including phenoxy) is 1. The minimum Gasteiger partial charge on any atom is -0.508 e. The zero-order valence-electron chi connectivity index (χ0n) is 10.1. The minimum absolute atomic E-state index is 0.0559. The zero-order chi connectivity index (χ0) is 14.7. The first kappa shape index (κ1) is 13.8. The molecule has 4 nitrogen and oxygen atoms in total. The monoisotopic (exact) mass is 280 g/mol. The van der Waals surface area contributed by atoms with E-state index < -0.39 is 29.8 Å². The van der Waals surface area contributed by atoms with Gasteiger partial charge in [-0.1, -0.05) is 0 Å². The van der Waals surface area contributed by atoms with E-state index in [0.717, 1.165) is 18.2 Å². The molecule has 0 amide bonds. The van der Waals surface area contributed by atoms with Crippen LogP contribution in [0.25, 0.3) is 0 Å². The van der Waals surface area contributed by atoms with Gasteiger partial charge in [0.15, 0.2) is 6.61 Å². The van der Waals surface area contributed by atoms with Crippen molar-refractivity contribution in [1.29, 1.82) is 0 Å². The number of carbonyl (C=O) groups excluding carboxylic acids is 1. The van der Waals surface area contributed by atoms with E-state index in [1.807, 2.05) is 0 Å². The van der Waals surface area contributed by atoms with Gasteiger partial charge in [-0.15, -0.1) is 0 Å². The van der Waals surface area contributed by atoms with Crippen LogP contribution in [0.4, 0.5) is 8.78 Å². The van der Waals surface area contributed by atoms with Crippen molar-refractivity contribution < 1.29 is 28.5 Å². The van der Waals surface area contributed by atoms with Crippen LogP contribution in [0.15, 0.2) is 36.4 Å². The van der Waals surface area contributed by atoms with Crippen LogP contribution in [-0.4, -0.2) is 22.6 Å². The van der Waals surface area contributed by atoms with Gasteiger partial charge in [0.25, 0.3) is 0 Å². The predicted octanol–water partition coefficient (Wildman–Crippen LogP) is 2.64. The van der Waals surface area contributed by atoms with Gasteiger partial charge < -0.3 is 14.9 Å². The standard InChI is InChI=1S/C14H10F2O4/c15-8-3-9(16)5-11(4-8)20-7-14(19)12-2-1-10(17)6-13(12)18/h1-6,17-18H,7H2. The number of ketones is 1. The van der Waals surface area contributed by atoms with Gasteiger partial charge in [0, 0.05) is 24.3 Å². The fourth-order valence-electron chi connectivity index (χ4n) is 1.59. The highest BCUT2D eigenvalue weighted by Gasteiger charge is 2.13. The average molecular weight is 280 g/mol. The molecular weight excluding hydrogens is 270 g/mol. The molecule has 20 heavy (non-hydrogen) atoms. The molecule has 6 heteroatoms. The van der Waals surface area contributed by atoms with Gasteiger partial charge in [0.1, 0.15) is 28.9 Å². The fourth-order valence-corrected chi connectivity index (χ4v) is 1.59. The van der Waals surface area contributed by atoms with E-state index in [-0.39, 0.29) is 17.1 Å². The third kappa shape index (κ3) is 3.23. The van der Waals surface area contributed by atoms with Crippen LogP contribution in [0, 0.1) is 11.6 Å². The molecule has 0 spiro atoms. The molecule has 2 aromatic carbocycles. The minimum atomic E-state index is -0.820. The Hall–Kier alpha value is -2.63. The number of benzene rings is 2. The van der Waals surface area contributed by atoms with Gasteiger partial charge in [-0.2, -0.15) is 0 Å². The van der Waals surface area contributed by atoms with E-state index in [4.69, 9.17) is 9.84 Å². The first-order valence-corrected chi connectivity index (χ1v) is 5.60. The molecule has 104 valence electrons. The normalized spacial score (nSPS) is 10.3. The molecule has 0 aliphatic carbocycles. The molecule has 0 aliphatic rings. The Balaban J connectivity index is 2.08. The largest absolute Gasteiger partial charge is 0.508 e. The molecule has 0 aromatic heterocycles. The molecule has 0 saturated heterocycles. The lowest BCUT2D eigenvalue weighted by Crippen LogP contribution is -2.12. The molecule has 2 N–H and O–H groups in total. The van der Waals surface area contributed by atoms with Crippen LogP contribution in [-0.2, 0) is 0 Å². The zero-order valence-corrected chi connectivity index (χ0v) is 10.1. The number of hydrogen-bond donors (Lipinski definition) is 2. The first-order chi connectivity index (χ1) is 9.45. The lowest BCUT2D eigenvalue weighted by atomic mass is 10.1. The molecule has 0 radical (unpaired) electrons. The number of phenolic OH excluding ortho intramolecular Hbond substituents is 2. The van der Waals surface area contributed by atoms with Crippen LogP contribution in [0.1, 0.15) is 10.4 Å². The number of Topliss-reactive ketones (excluding diaryl/α,β-unsaturated/α-hetero) is 1. The summed E-state index contributed by atoms with van der Waals surface area (Å²) in [6.45, 7) is -0.499. The van der Waals surface area contributed by atoms with Crippen molar-refractivity contribution >= 4 is 5.78 Å². The van der Waals surface area contributed by atoms with Crippen LogP contribution in [0.2, 0.25) is 0 Å². The Morgan fingerprint density at radius 1 is 1.05 bits per heavy atom. The lowest BCUT2D eigenvalue weighted by molar-refractivity contribution is 0.0918. The number of hydrogen-bond acceptors (Lipinski definition) is 4. The van der Waals surface area contributed by atoms with E-state index >= 15 is 0 Å². The van der Waals surface area contributed by atoms with Gasteiger partial charge >= 0.3 is 0 Å². The molecule has 0 fully saturated rings. The third-order valence-electron chi connectivity index (χ3n) is 2.49. The number of phenols is 2. The van der Waals surface area contributed by atoms with E-state index in [1.165, 1.54) is 12.1 Å². The fraction of sp³-hybridized carbons (Fsp3) is 0.0714. The maximum atomic E-state index is 12.9. The summed E-state index contributed by atoms with van der Waals surface area (Å²) in [5.41, 5.74) is -0.0559. The quantitative estimate of drug-likeness (QED) is 0.845. The van der Waals surface area contributed by atoms with Gasteiger partial charge in [-0.05, 0) is 12.1 Å². The Labute approximate surface area is 112 Å². The SMILES string of the molecule is O=C(COc1cc(F)cc(F)c1)c1ccc(O)cc1O. The van der Waals surface area contributed by atoms with Crippen LogP contribution in [0.3, 0.4) is 0 Å². The summed E-state index contributed by atoms with van der Waals surface area (Å²) in [5.74, 6) is -2.95. The summed E-state index contributed by atoms with van der Waals surface area (Å²) in [6.07, 6.45) is 0. The molecule has 2 rings (SSSR count). The van der Waals surface area contributed by atoms with Gasteiger partial charge in [0.2, 0.25) is 5.78 Å². The van der Waals surface area contributed by atoms with E-state index in [1.54, 1.807) is 0 Å². The van der Waals surface area contributed by atoms with Crippen molar-refractivity contribution in [3.05, 3.63) is 53.6 Å². The van der Waals surface area contributed by atoms with E-state index in [2.05, 4.69) is 0 Å². The second-order valence-corrected chi connectivity index (χ2v) is 4.02. The second kappa shape index (κ2) is 5.56. The van der Waals surface area contributed by atoms with Crippen molar-refractivity contribution in [1.82, 2.24) is 0 Å². The van der Waals surface area contributed by atoms with Crippen molar-refractivity contribution in [2.24, 2.45) is 0 Å². The van der Waals surface area contributed by atoms with Crippen LogP contribution in [0.5, 0.6) is 17.2 Å². The molecule has 0 saturated carbocycles. The molecule has 0 atom stereocenters. The molecule has 0 unspecified atom stereocenters. The summed E-state index contributed by atoms with van der Waals surface area (Å²) >= 11 is 0. The maximum Gasteiger partial charge on any atom is 0.203 e. The van der Waals surface area contributed by atoms with Crippen LogP contribution >= 0.6 is 0 Å². The molecule has 0 heterocycles. The highest BCUT2D eigenvalue weighted by atomic mass is 19.1. The Bertz CT molecular complexity index is 635. The molecule has 2 aromatic rings. The predicted molar refractivity (Wildman–Crippen MR) is 66.0 cm³/mol. The highest BCUT2D eigenvalue weighted by molar-refractivity contribution is 5.99. The molecule has 0 bridgehead atoms. The van der Waals surface area contributed by atoms with Gasteiger partial charge in [-0.3, -0.25) is 4.79 Å². The Kier molecular flexibility index (Phi) is 3.84. The van der Waals surface area contributed by atoms with Gasteiger partial charge in [-0.25, -0.2) is 8.78 Å². The second-order valence-electron chi connectivity index (χ2n) is 4.02. The lowest BCUT2D eigenvalue weighted by Gasteiger charge is -2.07. The highest BCUT2D eigenvalue weighted by Crippen LogP contribution is 2.23. The van der Waals surface area contributed by atoms with Crippen molar-refractivity contribution in [3.63, 3.8) is 0 Å². The number of rotatable bonds is 4. The van der Waals surface area contributed by atoms with Crippen molar-refractivity contribution in [3.8, 4) is 17.2 Å². The number of aromatic hydroxyl groups is 2. The Morgan fingerprint density at radius 3 is 2.30 bits per heavy atom. The topological polar surface area (TPSA) is 66.8 Å². The number of halogens is 2. The smallest absolute Gasteiger partial charge is 0.203 e. The van der Waals surface area contributed by atoms with Crippen molar-refractivity contribution in [2.45, 2.75) is 0 Å². The van der Waals surface area contributed by atoms with Crippen molar-refractivity contribution in [2.75, 3.05) is 6.61 Å². The van der Waals surface area contributed by atoms with E-state index in [0.29, 0.717) is 6.07 Å². The van der Waals surface area contributed by atoms with Crippen LogP contribution < -0.4 is 4.74 Å². The summed E-state index contributed by atoms with van der Waals surface area (Å²) in [5, 5.41) is 18.6. The summed E-state index contributed by atoms with van der Waals surface area (Å²) in [4.78, 5) is 11.8. The maximum absolute atomic E-state index is 12.9. The average Bonchev–Trinajstić information content (AvgIpc) is 2.35. The summed E-state index contributed by atoms with van der Waals surface area (Å²) < 4.78 is 30.8. The summed E-state index contributed by atoms with van der Waals surface area (Å²) in [7, 11) is 0. The Morgan fingerprint density at radius 2 is 1.70 bits per heavy atom. The molecular formula is C14H10F2O4. The van der Waals surface area contributed by atoms with E-state index in [9.17, 15) is 18.7 Å². The summed E-state index contributed by atoms with van der Waals surface area (Å²) in [6, 6.07) is 6.02. The van der Waals surface area contributed by atoms with Gasteiger partial charge in [0.05, 0.1) is 5.56 Å².